The number of urea groups is 2. The van der Waals surface area contributed by atoms with E-state index in [2.05, 4.69) is 47.5 Å². The summed E-state index contributed by atoms with van der Waals surface area (Å²) >= 11 is 0. The Kier molecular flexibility index (Phi) is 14.5. The smallest absolute Gasteiger partial charge is 0.318 e. The molecule has 4 aliphatic rings. The van der Waals surface area contributed by atoms with Gasteiger partial charge in [-0.05, 0) is 86.8 Å². The first kappa shape index (κ1) is 47.9. The summed E-state index contributed by atoms with van der Waals surface area (Å²) in [7, 11) is 4.09. The zero-order valence-corrected chi connectivity index (χ0v) is 41.0. The lowest BCUT2D eigenvalue weighted by Gasteiger charge is -2.34. The first-order valence-electron chi connectivity index (χ1n) is 25.2. The summed E-state index contributed by atoms with van der Waals surface area (Å²) in [6.07, 6.45) is 5.05. The van der Waals surface area contributed by atoms with E-state index in [1.54, 1.807) is 9.80 Å². The predicted octanol–water partition coefficient (Wildman–Crippen LogP) is 6.59. The molecule has 0 aliphatic carbocycles. The van der Waals surface area contributed by atoms with Crippen molar-refractivity contribution in [1.82, 2.24) is 60.2 Å². The molecule has 6 aromatic rings. The molecule has 4 fully saturated rings. The fourth-order valence-corrected chi connectivity index (χ4v) is 10.2. The van der Waals surface area contributed by atoms with Gasteiger partial charge in [-0.15, -0.1) is 0 Å². The molecule has 0 spiro atoms. The summed E-state index contributed by atoms with van der Waals surface area (Å²) in [4.78, 5) is 75.6. The fraction of sp³-hybridized carbons (Fsp3) is 0.357. The quantitative estimate of drug-likeness (QED) is 0.112. The van der Waals surface area contributed by atoms with Crippen molar-refractivity contribution in [2.24, 2.45) is 0 Å². The standard InChI is InChI=1S/C56H62N12O4/c1-63-29-33-65(34-30-63)55(71)59-50(43-11-5-3-6-12-43)53(69)67-27-9-15-48(67)46-37-45(61-62-46)41-23-19-39(20-24-41)17-18-40-21-25-42(26-22-40)47-38-57-52(58-47)49-16-10-28-68(49)54(70)51(44-13-7-4-8-14-44)60-56(72)66-35-31-64(2)32-36-66/h3-8,11-14,19-26,37-38,48-51H,9-10,15-16,27-36H2,1-2H3,(H,57,58)(H,59,71)(H,60,72)(H,61,62). The summed E-state index contributed by atoms with van der Waals surface area (Å²) in [5.41, 5.74) is 7.59. The lowest BCUT2D eigenvalue weighted by atomic mass is 10.0. The number of aromatic nitrogens is 4. The van der Waals surface area contributed by atoms with Crippen LogP contribution in [0.4, 0.5) is 9.59 Å². The van der Waals surface area contributed by atoms with Gasteiger partial charge in [0.05, 0.1) is 35.4 Å². The van der Waals surface area contributed by atoms with Crippen LogP contribution in [0.25, 0.3) is 22.5 Å². The SMILES string of the molecule is CN1CCN(C(=O)NC(C(=O)N2CCCC2c2cc(-c3ccc(C#Cc4ccc(-c5cnc(C6CCCN6C(=O)C(NC(=O)N6CCN(C)CC6)c6ccccc6)[nH]5)cc4)cc3)n[nH]2)c2ccccc2)CC1. The molecule has 16 heteroatoms. The van der Waals surface area contributed by atoms with Gasteiger partial charge in [0.1, 0.15) is 17.9 Å². The third-order valence-electron chi connectivity index (χ3n) is 14.5. The van der Waals surface area contributed by atoms with E-state index in [9.17, 15) is 19.2 Å². The Balaban J connectivity index is 0.765. The van der Waals surface area contributed by atoms with Gasteiger partial charge in [0.25, 0.3) is 0 Å². The largest absolute Gasteiger partial charge is 0.340 e. The number of aromatic amines is 2. The monoisotopic (exact) mass is 967 g/mol. The van der Waals surface area contributed by atoms with E-state index < -0.39 is 12.1 Å². The number of imidazole rings is 1. The summed E-state index contributed by atoms with van der Waals surface area (Å²) in [5.74, 6) is 7.03. The van der Waals surface area contributed by atoms with E-state index >= 15 is 0 Å². The van der Waals surface area contributed by atoms with Crippen molar-refractivity contribution in [3.8, 4) is 34.4 Å². The van der Waals surface area contributed by atoms with Crippen LogP contribution in [-0.4, -0.2) is 153 Å². The van der Waals surface area contributed by atoms with Crippen molar-refractivity contribution < 1.29 is 19.2 Å². The number of hydrogen-bond donors (Lipinski definition) is 4. The molecule has 2 aromatic heterocycles. The second-order valence-corrected chi connectivity index (χ2v) is 19.3. The first-order chi connectivity index (χ1) is 35.1. The number of carbonyl (C=O) groups excluding carboxylic acids is 4. The van der Waals surface area contributed by atoms with Crippen LogP contribution >= 0.6 is 0 Å². The van der Waals surface area contributed by atoms with Crippen molar-refractivity contribution in [1.29, 1.82) is 0 Å². The van der Waals surface area contributed by atoms with E-state index in [0.29, 0.717) is 39.3 Å². The van der Waals surface area contributed by atoms with E-state index in [1.165, 1.54) is 0 Å². The van der Waals surface area contributed by atoms with Crippen LogP contribution in [0.3, 0.4) is 0 Å². The second-order valence-electron chi connectivity index (χ2n) is 19.3. The maximum atomic E-state index is 14.4. The van der Waals surface area contributed by atoms with Gasteiger partial charge < -0.3 is 45.0 Å². The highest BCUT2D eigenvalue weighted by molar-refractivity contribution is 5.90. The molecule has 0 saturated carbocycles. The summed E-state index contributed by atoms with van der Waals surface area (Å²) < 4.78 is 0. The number of likely N-dealkylation sites (tertiary alicyclic amines) is 2. The van der Waals surface area contributed by atoms with Crippen LogP contribution in [0.2, 0.25) is 0 Å². The maximum Gasteiger partial charge on any atom is 0.318 e. The molecule has 4 saturated heterocycles. The second kappa shape index (κ2) is 21.7. The molecule has 10 rings (SSSR count). The molecule has 4 atom stereocenters. The zero-order valence-electron chi connectivity index (χ0n) is 41.0. The van der Waals surface area contributed by atoms with Gasteiger partial charge in [-0.2, -0.15) is 5.10 Å². The molecule has 16 nitrogen and oxygen atoms in total. The Morgan fingerprint density at radius 3 is 1.57 bits per heavy atom. The lowest BCUT2D eigenvalue weighted by molar-refractivity contribution is -0.135. The number of amides is 6. The lowest BCUT2D eigenvalue weighted by Crippen LogP contribution is -2.53. The highest BCUT2D eigenvalue weighted by Gasteiger charge is 2.39. The van der Waals surface area contributed by atoms with Crippen LogP contribution in [0.1, 0.15) is 83.6 Å². The first-order valence-corrected chi connectivity index (χ1v) is 25.2. The minimum atomic E-state index is -0.812. The highest BCUT2D eigenvalue weighted by atomic mass is 16.2. The molecule has 4 aromatic carbocycles. The van der Waals surface area contributed by atoms with Crippen LogP contribution in [0.15, 0.2) is 121 Å². The van der Waals surface area contributed by atoms with Gasteiger partial charge in [-0.3, -0.25) is 14.7 Å². The Labute approximate surface area is 420 Å². The molecular weight excluding hydrogens is 905 g/mol. The van der Waals surface area contributed by atoms with Gasteiger partial charge in [0.2, 0.25) is 11.8 Å². The third-order valence-corrected chi connectivity index (χ3v) is 14.5. The predicted molar refractivity (Wildman–Crippen MR) is 275 cm³/mol. The minimum absolute atomic E-state index is 0.130. The van der Waals surface area contributed by atoms with E-state index in [-0.39, 0.29) is 36.0 Å². The van der Waals surface area contributed by atoms with Gasteiger partial charge in [0, 0.05) is 82.1 Å². The highest BCUT2D eigenvalue weighted by Crippen LogP contribution is 2.36. The topological polar surface area (TPSA) is 169 Å². The molecule has 6 amide bonds. The summed E-state index contributed by atoms with van der Waals surface area (Å²) in [6, 6.07) is 34.5. The third kappa shape index (κ3) is 10.8. The molecule has 0 bridgehead atoms. The van der Waals surface area contributed by atoms with Crippen molar-refractivity contribution in [3.63, 3.8) is 0 Å². The van der Waals surface area contributed by atoms with Crippen LogP contribution in [-0.2, 0) is 9.59 Å². The number of likely N-dealkylation sites (N-methyl/N-ethyl adjacent to an activating group) is 2. The minimum Gasteiger partial charge on any atom is -0.340 e. The molecule has 4 N–H and O–H groups in total. The fourth-order valence-electron chi connectivity index (χ4n) is 10.2. The average Bonchev–Trinajstić information content (AvgIpc) is 4.28. The summed E-state index contributed by atoms with van der Waals surface area (Å²) in [6.45, 7) is 6.80. The summed E-state index contributed by atoms with van der Waals surface area (Å²) in [5, 5.41) is 14.0. The van der Waals surface area contributed by atoms with Crippen molar-refractivity contribution in [3.05, 3.63) is 155 Å². The Bertz CT molecular complexity index is 2700. The van der Waals surface area contributed by atoms with Crippen LogP contribution in [0, 0.1) is 11.8 Å². The van der Waals surface area contributed by atoms with Crippen molar-refractivity contribution >= 4 is 23.9 Å². The average molecular weight is 967 g/mol. The molecule has 72 heavy (non-hydrogen) atoms. The number of H-pyrrole nitrogens is 2. The molecule has 370 valence electrons. The van der Waals surface area contributed by atoms with Gasteiger partial charge >= 0.3 is 12.1 Å². The molecule has 4 aliphatic heterocycles. The number of benzene rings is 4. The zero-order chi connectivity index (χ0) is 49.6. The number of rotatable bonds is 10. The number of piperazine rings is 2. The van der Waals surface area contributed by atoms with Gasteiger partial charge in [0.15, 0.2) is 0 Å². The Morgan fingerprint density at radius 2 is 1.06 bits per heavy atom. The van der Waals surface area contributed by atoms with Gasteiger partial charge in [-0.1, -0.05) is 96.8 Å². The maximum absolute atomic E-state index is 14.4. The van der Waals surface area contributed by atoms with Gasteiger partial charge in [-0.25, -0.2) is 14.6 Å². The molecule has 4 unspecified atom stereocenters. The van der Waals surface area contributed by atoms with Crippen LogP contribution < -0.4 is 10.6 Å². The Hall–Kier alpha value is -7.74. The molecular formula is C56H62N12O4. The number of nitrogens with zero attached hydrogens (tertiary/aromatic N) is 8. The number of carbonyl (C=O) groups is 4. The van der Waals surface area contributed by atoms with E-state index in [1.807, 2.05) is 145 Å². The van der Waals surface area contributed by atoms with E-state index in [4.69, 9.17) is 4.98 Å². The Morgan fingerprint density at radius 1 is 0.583 bits per heavy atom. The number of nitrogens with one attached hydrogen (secondary N) is 4. The van der Waals surface area contributed by atoms with Crippen LogP contribution in [0.5, 0.6) is 0 Å². The van der Waals surface area contributed by atoms with Crippen molar-refractivity contribution in [2.45, 2.75) is 49.9 Å². The van der Waals surface area contributed by atoms with E-state index in [0.717, 1.165) is 108 Å². The van der Waals surface area contributed by atoms with Crippen molar-refractivity contribution in [2.75, 3.05) is 79.5 Å². The normalized spacial score (nSPS) is 19.4. The number of hydrogen-bond acceptors (Lipinski definition) is 8. The molecule has 6 heterocycles. The molecule has 0 radical (unpaired) electrons.